The first-order chi connectivity index (χ1) is 30.6. The van der Waals surface area contributed by atoms with Crippen molar-refractivity contribution in [1.82, 2.24) is 0 Å². The number of ether oxygens (including phenoxy) is 2. The zero-order valence-electron chi connectivity index (χ0n) is 52.4. The van der Waals surface area contributed by atoms with E-state index < -0.39 is 100 Å². The predicted molar refractivity (Wildman–Crippen MR) is 341 cm³/mol. The summed E-state index contributed by atoms with van der Waals surface area (Å²) < 4.78 is 41.6. The number of esters is 2. The van der Waals surface area contributed by atoms with Gasteiger partial charge in [0.2, 0.25) is 0 Å². The van der Waals surface area contributed by atoms with Crippen molar-refractivity contribution in [2.24, 2.45) is 0 Å². The molecule has 1 aliphatic heterocycles. The summed E-state index contributed by atoms with van der Waals surface area (Å²) in [6.45, 7) is 74.8. The Morgan fingerprint density at radius 3 is 1.13 bits per heavy atom. The van der Waals surface area contributed by atoms with E-state index in [0.717, 1.165) is 18.5 Å². The molecule has 0 atom stereocenters. The molecule has 0 bridgehead atoms. The summed E-state index contributed by atoms with van der Waals surface area (Å²) in [5.74, 6) is -0.662. The van der Waals surface area contributed by atoms with Crippen LogP contribution in [0.25, 0.3) is 0 Å². The molecule has 0 aliphatic carbocycles. The van der Waals surface area contributed by atoms with Crippen molar-refractivity contribution in [3.8, 4) is 0 Å². The Morgan fingerprint density at radius 1 is 0.592 bits per heavy atom. The summed E-state index contributed by atoms with van der Waals surface area (Å²) in [6, 6.07) is 8.67. The van der Waals surface area contributed by atoms with Gasteiger partial charge < -0.3 is 34.8 Å². The molecule has 0 unspecified atom stereocenters. The van der Waals surface area contributed by atoms with Gasteiger partial charge in [0.25, 0.3) is 0 Å². The number of carbonyl (C=O) groups excluding carboxylic acids is 2. The maximum Gasteiger partial charge on any atom is 1.00 e. The van der Waals surface area contributed by atoms with Gasteiger partial charge in [-0.15, -0.1) is 0 Å². The van der Waals surface area contributed by atoms with Crippen LogP contribution in [0.5, 0.6) is 0 Å². The van der Waals surface area contributed by atoms with Crippen LogP contribution in [-0.2, 0) is 39.6 Å². The van der Waals surface area contributed by atoms with Crippen LogP contribution in [0.2, 0.25) is 219 Å². The summed E-state index contributed by atoms with van der Waals surface area (Å²) in [7, 11) is -16.5. The van der Waals surface area contributed by atoms with Crippen LogP contribution in [0.1, 0.15) is 20.3 Å². The van der Waals surface area contributed by atoms with Gasteiger partial charge in [-0.25, -0.2) is 9.59 Å². The average molecular weight is 1220 g/mol. The topological polar surface area (TPSA) is 122 Å². The van der Waals surface area contributed by atoms with Gasteiger partial charge in [-0.1, -0.05) is 66.9 Å². The van der Waals surface area contributed by atoms with Gasteiger partial charge in [-0.3, -0.25) is 0 Å². The molecule has 0 aromatic carbocycles. The fourth-order valence-corrected chi connectivity index (χ4v) is 55.7. The SMILES string of the molecule is C=C(C)C(=O)OCCC[Si](C)(C)O[Si](C)(C)CC[Si](C)(C)O[Si](C)(C)C.C=CCOC(=O)C(=C)C.C[SiH](C)Cl.C[SiH](C)O[Si](C)(C)CC[Si](C)(C)O[Si](C)(C)C.C[Si](C)(C)[O-].C[Si]1(C)CC[Si](C)(C)O1.[Li+]. The van der Waals surface area contributed by atoms with Crippen molar-refractivity contribution in [3.63, 3.8) is 0 Å². The molecule has 1 rings (SSSR count). The predicted octanol–water partition coefficient (Wildman–Crippen LogP) is 12.3. The van der Waals surface area contributed by atoms with Crippen molar-refractivity contribution in [1.29, 1.82) is 0 Å². The molecule has 0 N–H and O–H groups in total. The molecule has 1 aliphatic rings. The second-order valence-electron chi connectivity index (χ2n) is 26.4. The van der Waals surface area contributed by atoms with E-state index in [1.807, 2.05) is 0 Å². The van der Waals surface area contributed by atoms with Crippen LogP contribution in [0.3, 0.4) is 0 Å². The summed E-state index contributed by atoms with van der Waals surface area (Å²) in [4.78, 5) is 32.2. The molecule has 71 heavy (non-hydrogen) atoms. The maximum absolute atomic E-state index is 11.4. The van der Waals surface area contributed by atoms with E-state index >= 15 is 0 Å². The van der Waals surface area contributed by atoms with Crippen molar-refractivity contribution >= 4 is 123 Å². The van der Waals surface area contributed by atoms with Gasteiger partial charge in [0.1, 0.15) is 14.7 Å². The van der Waals surface area contributed by atoms with Gasteiger partial charge in [-0.2, -0.15) is 11.1 Å². The zero-order chi connectivity index (χ0) is 57.2. The van der Waals surface area contributed by atoms with Gasteiger partial charge in [-0.05, 0) is 207 Å². The molecule has 420 valence electrons. The minimum absolute atomic E-state index is 0. The smallest absolute Gasteiger partial charge is 0.859 e. The third-order valence-corrected chi connectivity index (χ3v) is 43.4. The van der Waals surface area contributed by atoms with Crippen LogP contribution in [0, 0.1) is 0 Å². The number of carbonyl (C=O) groups is 2. The Labute approximate surface area is 472 Å². The Balaban J connectivity index is -0.000000200. The van der Waals surface area contributed by atoms with Crippen LogP contribution in [0.4, 0.5) is 0 Å². The van der Waals surface area contributed by atoms with E-state index in [1.165, 1.54) is 36.3 Å². The molecule has 10 nitrogen and oxygen atoms in total. The van der Waals surface area contributed by atoms with Gasteiger partial charge in [0, 0.05) is 11.1 Å². The molecule has 0 spiro atoms. The molecule has 0 aromatic rings. The summed E-state index contributed by atoms with van der Waals surface area (Å²) in [6.07, 6.45) is 2.38. The largest absolute Gasteiger partial charge is 1.00 e. The van der Waals surface area contributed by atoms with Gasteiger partial charge in [0.05, 0.1) is 6.61 Å². The van der Waals surface area contributed by atoms with Gasteiger partial charge in [0.15, 0.2) is 83.9 Å². The fourth-order valence-electron chi connectivity index (χ4n) is 7.01. The third-order valence-electron chi connectivity index (χ3n) is 9.00. The van der Waals surface area contributed by atoms with Crippen LogP contribution < -0.4 is 23.7 Å². The second-order valence-corrected chi connectivity index (χ2v) is 78.2. The number of halogens is 1. The maximum atomic E-state index is 11.4. The van der Waals surface area contributed by atoms with E-state index in [2.05, 4.69) is 182 Å². The number of hydrogen-bond acceptors (Lipinski definition) is 10. The monoisotopic (exact) mass is 1220 g/mol. The second kappa shape index (κ2) is 37.3. The van der Waals surface area contributed by atoms with Crippen molar-refractivity contribution in [2.75, 3.05) is 13.2 Å². The normalized spacial score (nSPS) is 14.7. The molecular formula is C47H116ClLiO10Si12. The molecule has 24 heteroatoms. The summed E-state index contributed by atoms with van der Waals surface area (Å²) in [5, 5.41) is 0. The van der Waals surface area contributed by atoms with E-state index in [1.54, 1.807) is 33.5 Å². The quantitative estimate of drug-likeness (QED) is 0.0259. The average Bonchev–Trinajstić information content (AvgIpc) is 3.34. The first kappa shape index (κ1) is 83.7. The summed E-state index contributed by atoms with van der Waals surface area (Å²) in [5.41, 5.74) is 0.871. The molecule has 1 saturated heterocycles. The van der Waals surface area contributed by atoms with Crippen molar-refractivity contribution in [3.05, 3.63) is 37.0 Å². The van der Waals surface area contributed by atoms with Crippen LogP contribution in [0.15, 0.2) is 37.0 Å². The Morgan fingerprint density at radius 2 is 0.873 bits per heavy atom. The zero-order valence-corrected chi connectivity index (χ0v) is 65.5. The van der Waals surface area contributed by atoms with E-state index in [0.29, 0.717) is 17.8 Å². The third kappa shape index (κ3) is 67.5. The Kier molecular flexibility index (Phi) is 44.0. The Hall–Kier alpha value is 1.41. The minimum atomic E-state index is -1.86. The molecule has 1 fully saturated rings. The molecule has 0 radical (unpaired) electrons. The first-order valence-electron chi connectivity index (χ1n) is 25.7. The van der Waals surface area contributed by atoms with Crippen molar-refractivity contribution < 1.29 is 63.3 Å². The van der Waals surface area contributed by atoms with E-state index in [9.17, 15) is 14.4 Å². The molecule has 1 heterocycles. The molecule has 0 aromatic heterocycles. The standard InChI is InChI=1S/C18H42O4Si4.C11H32O2Si4.C7H10O2.C6H16OSi2.C3H9OSi.C2H7ClSi.Li/c1-17(2)18(19)20-13-12-14-24(6,7)22-26(10,11)16-15-25(8,9)21-23(3,4)5;1-14(2)12-16(6,7)10-11-17(8,9)13-15(3,4)5;1-4-5-9-7(8)6(2)3;1-8(2)5-6-9(3,4)7-8;1-5(2,3)4;1-4(2)3;/h1,12-16H2,2-11H3;14H,10-11H2,1-9H3;4H,1-2,5H2,3H3;5-6H2,1-4H3;1-3H3;4H,1-2H3;/q;;;;-1;;+1. The van der Waals surface area contributed by atoms with E-state index in [4.69, 9.17) is 36.4 Å². The minimum Gasteiger partial charge on any atom is -0.859 e. The van der Waals surface area contributed by atoms with Crippen molar-refractivity contribution in [2.45, 2.75) is 239 Å². The molecule has 0 saturated carbocycles. The van der Waals surface area contributed by atoms with Crippen LogP contribution in [-0.4, -0.2) is 125 Å². The number of hydrogen-bond donors (Lipinski definition) is 0. The molecular weight excluding hydrogens is 1100 g/mol. The molecule has 0 amide bonds. The Bertz CT molecular complexity index is 1490. The summed E-state index contributed by atoms with van der Waals surface area (Å²) >= 11 is 5.41. The first-order valence-corrected chi connectivity index (χ1v) is 64.6. The fraction of sp³-hybridized carbons (Fsp3) is 0.830. The van der Waals surface area contributed by atoms with Gasteiger partial charge >= 0.3 is 30.8 Å². The van der Waals surface area contributed by atoms with Crippen LogP contribution >= 0.6 is 11.1 Å². The number of rotatable bonds is 22. The van der Waals surface area contributed by atoms with E-state index in [-0.39, 0.29) is 37.4 Å².